The van der Waals surface area contributed by atoms with Crippen molar-refractivity contribution in [3.05, 3.63) is 72.4 Å². The number of hydrogen-bond acceptors (Lipinski definition) is 5. The molecule has 0 saturated carbocycles. The van der Waals surface area contributed by atoms with Crippen molar-refractivity contribution in [2.45, 2.75) is 32.2 Å². The van der Waals surface area contributed by atoms with Crippen LogP contribution in [0.1, 0.15) is 35.8 Å². The van der Waals surface area contributed by atoms with Gasteiger partial charge >= 0.3 is 5.84 Å². The zero-order valence-corrected chi connectivity index (χ0v) is 17.5. The summed E-state index contributed by atoms with van der Waals surface area (Å²) in [5, 5.41) is 3.40. The second-order valence-corrected chi connectivity index (χ2v) is 7.81. The number of aromatic nitrogens is 3. The molecule has 0 aliphatic carbocycles. The Bertz CT molecular complexity index is 1180. The Morgan fingerprint density at radius 2 is 2.10 bits per heavy atom. The van der Waals surface area contributed by atoms with Gasteiger partial charge in [-0.05, 0) is 30.9 Å². The predicted molar refractivity (Wildman–Crippen MR) is 119 cm³/mol. The Morgan fingerprint density at radius 3 is 2.87 bits per heavy atom. The number of carbonyl (C=O) groups excluding carboxylic acids is 1. The smallest absolute Gasteiger partial charge is 0.306 e. The summed E-state index contributed by atoms with van der Waals surface area (Å²) in [6.07, 6.45) is 8.12. The highest BCUT2D eigenvalue weighted by Crippen LogP contribution is 2.28. The Morgan fingerprint density at radius 1 is 1.23 bits per heavy atom. The fourth-order valence-electron chi connectivity index (χ4n) is 4.20. The van der Waals surface area contributed by atoms with E-state index in [1.807, 2.05) is 47.5 Å². The molecule has 1 aliphatic heterocycles. The van der Waals surface area contributed by atoms with Gasteiger partial charge in [0.1, 0.15) is 23.5 Å². The van der Waals surface area contributed by atoms with Gasteiger partial charge < -0.3 is 14.6 Å². The van der Waals surface area contributed by atoms with Gasteiger partial charge in [-0.25, -0.2) is 4.98 Å². The van der Waals surface area contributed by atoms with Gasteiger partial charge in [0.25, 0.3) is 5.91 Å². The van der Waals surface area contributed by atoms with E-state index in [0.717, 1.165) is 37.2 Å². The number of hydrogen-bond donors (Lipinski definition) is 1. The molecule has 1 fully saturated rings. The van der Waals surface area contributed by atoms with Crippen LogP contribution >= 0.6 is 0 Å². The molecule has 1 amide bonds. The van der Waals surface area contributed by atoms with Gasteiger partial charge in [0.2, 0.25) is 0 Å². The van der Waals surface area contributed by atoms with Crippen molar-refractivity contribution in [2.75, 3.05) is 18.4 Å². The fourth-order valence-corrected chi connectivity index (χ4v) is 4.20. The third-order valence-corrected chi connectivity index (χ3v) is 5.90. The number of pyridine rings is 1. The van der Waals surface area contributed by atoms with Crippen LogP contribution in [-0.4, -0.2) is 44.3 Å². The standard InChI is InChI=1S/C24H25N5O2/c1-2-17-10-11-20(25-15-17)26-16-19-9-6-12-28(19)23(30)22-21(18-7-4-3-5-8-18)27-24-29(22)13-14-31-24/h3-5,7-8,10-11,13-15,19H,2,6,9,12,16H2,1H3,(H,25,26)/t19-/m0/s1. The number of nitrogens with zero attached hydrogens (tertiary/aromatic N) is 4. The van der Waals surface area contributed by atoms with Gasteiger partial charge in [-0.3, -0.25) is 9.20 Å². The zero-order chi connectivity index (χ0) is 21.2. The lowest BCUT2D eigenvalue weighted by Gasteiger charge is -2.25. The number of likely N-dealkylation sites (tertiary alicyclic amines) is 1. The number of anilines is 1. The average Bonchev–Trinajstić information content (AvgIpc) is 3.54. The van der Waals surface area contributed by atoms with Crippen LogP contribution in [0.2, 0.25) is 0 Å². The van der Waals surface area contributed by atoms with Crippen molar-refractivity contribution in [1.29, 1.82) is 0 Å². The van der Waals surface area contributed by atoms with Crippen molar-refractivity contribution in [3.8, 4) is 11.3 Å². The molecule has 0 spiro atoms. The van der Waals surface area contributed by atoms with Crippen LogP contribution in [0.25, 0.3) is 17.1 Å². The monoisotopic (exact) mass is 415 g/mol. The maximum Gasteiger partial charge on any atom is 0.306 e. The van der Waals surface area contributed by atoms with E-state index in [4.69, 9.17) is 4.42 Å². The third kappa shape index (κ3) is 3.67. The van der Waals surface area contributed by atoms with E-state index >= 15 is 0 Å². The minimum Gasteiger partial charge on any atom is -0.432 e. The molecule has 1 saturated heterocycles. The van der Waals surface area contributed by atoms with Gasteiger partial charge in [-0.1, -0.05) is 43.3 Å². The maximum atomic E-state index is 13.7. The topological polar surface area (TPSA) is 75.7 Å². The lowest BCUT2D eigenvalue weighted by atomic mass is 10.1. The summed E-state index contributed by atoms with van der Waals surface area (Å²) < 4.78 is 7.23. The molecule has 0 bridgehead atoms. The first-order valence-corrected chi connectivity index (χ1v) is 10.8. The number of nitrogens with one attached hydrogen (secondary N) is 1. The highest BCUT2D eigenvalue weighted by Gasteiger charge is 2.33. The van der Waals surface area contributed by atoms with Crippen LogP contribution in [-0.2, 0) is 6.42 Å². The van der Waals surface area contributed by atoms with E-state index in [9.17, 15) is 4.79 Å². The van der Waals surface area contributed by atoms with E-state index in [-0.39, 0.29) is 11.9 Å². The van der Waals surface area contributed by atoms with E-state index in [1.54, 1.807) is 16.9 Å². The summed E-state index contributed by atoms with van der Waals surface area (Å²) in [5.74, 6) is 1.24. The number of carbonyl (C=O) groups is 1. The van der Waals surface area contributed by atoms with Crippen molar-refractivity contribution in [1.82, 2.24) is 19.3 Å². The van der Waals surface area contributed by atoms with Crippen LogP contribution in [0.3, 0.4) is 0 Å². The Kier molecular flexibility index (Phi) is 5.16. The van der Waals surface area contributed by atoms with E-state index < -0.39 is 0 Å². The first-order chi connectivity index (χ1) is 15.2. The number of benzene rings is 1. The molecule has 31 heavy (non-hydrogen) atoms. The van der Waals surface area contributed by atoms with Crippen LogP contribution in [0, 0.1) is 0 Å². The quantitative estimate of drug-likeness (QED) is 0.509. The van der Waals surface area contributed by atoms with Gasteiger partial charge in [-0.2, -0.15) is 4.98 Å². The number of imidazole rings is 1. The molecule has 0 radical (unpaired) electrons. The predicted octanol–water partition coefficient (Wildman–Crippen LogP) is 4.27. The van der Waals surface area contributed by atoms with Crippen LogP contribution in [0.4, 0.5) is 5.82 Å². The number of amides is 1. The molecule has 0 unspecified atom stereocenters. The van der Waals surface area contributed by atoms with Crippen molar-refractivity contribution in [3.63, 3.8) is 0 Å². The molecule has 1 atom stereocenters. The number of rotatable bonds is 6. The summed E-state index contributed by atoms with van der Waals surface area (Å²) in [5.41, 5.74) is 3.31. The van der Waals surface area contributed by atoms with Crippen LogP contribution in [0.15, 0.2) is 65.5 Å². The Balaban J connectivity index is 1.40. The van der Waals surface area contributed by atoms with E-state index in [0.29, 0.717) is 23.8 Å². The number of aryl methyl sites for hydroxylation is 1. The lowest BCUT2D eigenvalue weighted by Crippen LogP contribution is -2.40. The molecule has 1 N–H and O–H groups in total. The van der Waals surface area contributed by atoms with Crippen LogP contribution < -0.4 is 5.32 Å². The summed E-state index contributed by atoms with van der Waals surface area (Å²) in [7, 11) is 0. The highest BCUT2D eigenvalue weighted by molar-refractivity contribution is 5.99. The molecular formula is C24H25N5O2. The van der Waals surface area contributed by atoms with Crippen molar-refractivity contribution < 1.29 is 9.21 Å². The summed E-state index contributed by atoms with van der Waals surface area (Å²) in [4.78, 5) is 24.7. The summed E-state index contributed by atoms with van der Waals surface area (Å²) >= 11 is 0. The lowest BCUT2D eigenvalue weighted by molar-refractivity contribution is 0.0737. The summed E-state index contributed by atoms with van der Waals surface area (Å²) in [6.45, 7) is 3.51. The maximum absolute atomic E-state index is 13.7. The SMILES string of the molecule is CCc1ccc(NC[C@@H]2CCCN2C(=O)c2c(-c3ccccc3)nc3occn23)nc1. The second kappa shape index (κ2) is 8.26. The Labute approximate surface area is 180 Å². The number of fused-ring (bicyclic) bond motifs is 1. The van der Waals surface area contributed by atoms with Gasteiger partial charge in [0, 0.05) is 37.1 Å². The molecule has 7 nitrogen and oxygen atoms in total. The highest BCUT2D eigenvalue weighted by atomic mass is 16.3. The largest absolute Gasteiger partial charge is 0.432 e. The summed E-state index contributed by atoms with van der Waals surface area (Å²) in [6, 6.07) is 14.0. The van der Waals surface area contributed by atoms with Crippen molar-refractivity contribution >= 4 is 17.6 Å². The minimum atomic E-state index is -0.0219. The molecule has 1 aliphatic rings. The molecular weight excluding hydrogens is 390 g/mol. The van der Waals surface area contributed by atoms with Crippen molar-refractivity contribution in [2.24, 2.45) is 0 Å². The van der Waals surface area contributed by atoms with Gasteiger partial charge in [0.05, 0.1) is 0 Å². The first kappa shape index (κ1) is 19.4. The second-order valence-electron chi connectivity index (χ2n) is 7.81. The molecule has 5 rings (SSSR count). The normalized spacial score (nSPS) is 16.2. The van der Waals surface area contributed by atoms with E-state index in [2.05, 4.69) is 28.3 Å². The van der Waals surface area contributed by atoms with Gasteiger partial charge in [-0.15, -0.1) is 0 Å². The third-order valence-electron chi connectivity index (χ3n) is 5.90. The zero-order valence-electron chi connectivity index (χ0n) is 17.5. The van der Waals surface area contributed by atoms with Gasteiger partial charge in [0.15, 0.2) is 0 Å². The average molecular weight is 415 g/mol. The molecule has 3 aromatic heterocycles. The number of oxazole rings is 1. The molecule has 158 valence electrons. The molecule has 1 aromatic carbocycles. The van der Waals surface area contributed by atoms with E-state index in [1.165, 1.54) is 5.56 Å². The fraction of sp³-hybridized carbons (Fsp3) is 0.292. The molecule has 4 aromatic rings. The Hall–Kier alpha value is -3.61. The molecule has 4 heterocycles. The minimum absolute atomic E-state index is 0.0219. The first-order valence-electron chi connectivity index (χ1n) is 10.8. The molecule has 7 heteroatoms. The van der Waals surface area contributed by atoms with Crippen LogP contribution in [0.5, 0.6) is 0 Å².